The molecule has 1 aliphatic heterocycles. The average Bonchev–Trinajstić information content (AvgIpc) is 3.48. The highest BCUT2D eigenvalue weighted by molar-refractivity contribution is 5.97. The molecular formula is C21H22N6O4. The van der Waals surface area contributed by atoms with E-state index < -0.39 is 0 Å². The molecule has 2 amide bonds. The molecule has 0 atom stereocenters. The van der Waals surface area contributed by atoms with Crippen molar-refractivity contribution in [3.63, 3.8) is 0 Å². The molecule has 4 rings (SSSR count). The van der Waals surface area contributed by atoms with Crippen molar-refractivity contribution in [3.8, 4) is 23.0 Å². The largest absolute Gasteiger partial charge is 0.481 e. The maximum Gasteiger partial charge on any atom is 0.277 e. The average molecular weight is 422 g/mol. The van der Waals surface area contributed by atoms with E-state index in [-0.39, 0.29) is 29.8 Å². The van der Waals surface area contributed by atoms with Gasteiger partial charge in [-0.25, -0.2) is 10.0 Å². The molecule has 0 N–H and O–H groups in total. The highest BCUT2D eigenvalue weighted by Crippen LogP contribution is 2.24. The van der Waals surface area contributed by atoms with Crippen LogP contribution in [0.15, 0.2) is 48.9 Å². The van der Waals surface area contributed by atoms with Crippen molar-refractivity contribution in [1.82, 2.24) is 29.8 Å². The lowest BCUT2D eigenvalue weighted by Crippen LogP contribution is -2.46. The standard InChI is InChI=1S/C21H22N6O4/c1-30-18-5-4-16(20(23-18)31-2)21(29)27-12-3-11-26(27)19(28)14-25-13-8-17(24-25)15-6-9-22-10-7-15/h4-10,13H,3,11-12,14H2,1-2H3. The molecule has 0 unspecified atom stereocenters. The molecule has 0 bridgehead atoms. The Bertz CT molecular complexity index is 1080. The zero-order valence-electron chi connectivity index (χ0n) is 17.3. The number of carbonyl (C=O) groups excluding carboxylic acids is 2. The first kappa shape index (κ1) is 20.3. The van der Waals surface area contributed by atoms with E-state index in [0.717, 1.165) is 11.3 Å². The van der Waals surface area contributed by atoms with Gasteiger partial charge in [0.05, 0.1) is 19.9 Å². The molecule has 10 nitrogen and oxygen atoms in total. The van der Waals surface area contributed by atoms with E-state index in [2.05, 4.69) is 15.1 Å². The van der Waals surface area contributed by atoms with Gasteiger partial charge in [0.15, 0.2) is 0 Å². The number of hydrogen-bond acceptors (Lipinski definition) is 7. The molecule has 31 heavy (non-hydrogen) atoms. The Balaban J connectivity index is 1.49. The van der Waals surface area contributed by atoms with Crippen molar-refractivity contribution in [1.29, 1.82) is 0 Å². The molecule has 0 aromatic carbocycles. The number of carbonyl (C=O) groups is 2. The third kappa shape index (κ3) is 4.18. The van der Waals surface area contributed by atoms with Gasteiger partial charge in [0.1, 0.15) is 12.1 Å². The van der Waals surface area contributed by atoms with Crippen molar-refractivity contribution in [3.05, 3.63) is 54.5 Å². The van der Waals surface area contributed by atoms with Crippen LogP contribution < -0.4 is 9.47 Å². The van der Waals surface area contributed by atoms with E-state index in [1.807, 2.05) is 18.2 Å². The van der Waals surface area contributed by atoms with Crippen LogP contribution in [0.2, 0.25) is 0 Å². The fourth-order valence-electron chi connectivity index (χ4n) is 3.42. The summed E-state index contributed by atoms with van der Waals surface area (Å²) in [7, 11) is 2.92. The van der Waals surface area contributed by atoms with E-state index in [1.54, 1.807) is 35.4 Å². The number of nitrogens with zero attached hydrogens (tertiary/aromatic N) is 6. The van der Waals surface area contributed by atoms with Crippen LogP contribution in [-0.2, 0) is 11.3 Å². The number of aromatic nitrogens is 4. The molecule has 1 saturated heterocycles. The molecule has 1 fully saturated rings. The molecule has 0 aliphatic carbocycles. The Morgan fingerprint density at radius 1 is 1.00 bits per heavy atom. The van der Waals surface area contributed by atoms with Crippen LogP contribution in [0.4, 0.5) is 0 Å². The molecule has 0 radical (unpaired) electrons. The van der Waals surface area contributed by atoms with Gasteiger partial charge >= 0.3 is 0 Å². The Kier molecular flexibility index (Phi) is 5.78. The predicted octanol–water partition coefficient (Wildman–Crippen LogP) is 1.65. The monoisotopic (exact) mass is 422 g/mol. The van der Waals surface area contributed by atoms with Gasteiger partial charge in [0.25, 0.3) is 11.8 Å². The van der Waals surface area contributed by atoms with Crippen LogP contribution in [0, 0.1) is 0 Å². The highest BCUT2D eigenvalue weighted by Gasteiger charge is 2.33. The fourth-order valence-corrected chi connectivity index (χ4v) is 3.42. The third-order valence-electron chi connectivity index (χ3n) is 4.94. The van der Waals surface area contributed by atoms with Crippen molar-refractivity contribution in [2.75, 3.05) is 27.3 Å². The summed E-state index contributed by atoms with van der Waals surface area (Å²) in [6, 6.07) is 8.71. The van der Waals surface area contributed by atoms with E-state index in [4.69, 9.17) is 9.47 Å². The van der Waals surface area contributed by atoms with E-state index >= 15 is 0 Å². The molecule has 1 aliphatic rings. The van der Waals surface area contributed by atoms with Gasteiger partial charge in [0.2, 0.25) is 11.8 Å². The van der Waals surface area contributed by atoms with Gasteiger partial charge < -0.3 is 9.47 Å². The molecule has 160 valence electrons. The fraction of sp³-hybridized carbons (Fsp3) is 0.286. The summed E-state index contributed by atoms with van der Waals surface area (Å²) in [5, 5.41) is 7.35. The maximum atomic E-state index is 13.1. The number of ether oxygens (including phenoxy) is 2. The minimum absolute atomic E-state index is 0.0207. The van der Waals surface area contributed by atoms with Crippen LogP contribution in [0.1, 0.15) is 16.8 Å². The van der Waals surface area contributed by atoms with Gasteiger partial charge in [-0.3, -0.25) is 19.3 Å². The second-order valence-corrected chi connectivity index (χ2v) is 6.84. The summed E-state index contributed by atoms with van der Waals surface area (Å²) in [5.74, 6) is -0.0874. The molecule has 3 aromatic heterocycles. The summed E-state index contributed by atoms with van der Waals surface area (Å²) in [6.45, 7) is 0.906. The number of hydrogen-bond donors (Lipinski definition) is 0. The lowest BCUT2D eigenvalue weighted by atomic mass is 10.2. The minimum atomic E-state index is -0.351. The van der Waals surface area contributed by atoms with Crippen molar-refractivity contribution in [2.45, 2.75) is 13.0 Å². The molecule has 0 saturated carbocycles. The molecule has 3 aromatic rings. The topological polar surface area (TPSA) is 103 Å². The van der Waals surface area contributed by atoms with Gasteiger partial charge in [-0.2, -0.15) is 10.1 Å². The first-order chi connectivity index (χ1) is 15.1. The summed E-state index contributed by atoms with van der Waals surface area (Å²) in [6.07, 6.45) is 5.81. The van der Waals surface area contributed by atoms with Crippen LogP contribution in [-0.4, -0.2) is 68.9 Å². The molecule has 10 heteroatoms. The van der Waals surface area contributed by atoms with Gasteiger partial charge in [-0.1, -0.05) is 0 Å². The van der Waals surface area contributed by atoms with Crippen molar-refractivity contribution in [2.24, 2.45) is 0 Å². The molecule has 4 heterocycles. The first-order valence-electron chi connectivity index (χ1n) is 9.75. The predicted molar refractivity (Wildman–Crippen MR) is 110 cm³/mol. The van der Waals surface area contributed by atoms with E-state index in [9.17, 15) is 9.59 Å². The van der Waals surface area contributed by atoms with Crippen molar-refractivity contribution >= 4 is 11.8 Å². The lowest BCUT2D eigenvalue weighted by Gasteiger charge is -2.28. The number of amides is 2. The summed E-state index contributed by atoms with van der Waals surface area (Å²) in [5.41, 5.74) is 1.93. The van der Waals surface area contributed by atoms with Gasteiger partial charge in [0, 0.05) is 43.3 Å². The number of pyridine rings is 2. The number of rotatable bonds is 6. The normalized spacial score (nSPS) is 13.4. The summed E-state index contributed by atoms with van der Waals surface area (Å²) < 4.78 is 11.9. The van der Waals surface area contributed by atoms with E-state index in [0.29, 0.717) is 25.4 Å². The molecule has 0 spiro atoms. The summed E-state index contributed by atoms with van der Waals surface area (Å²) in [4.78, 5) is 34.2. The lowest BCUT2D eigenvalue weighted by molar-refractivity contribution is -0.141. The van der Waals surface area contributed by atoms with Gasteiger partial charge in [-0.15, -0.1) is 0 Å². The van der Waals surface area contributed by atoms with Crippen molar-refractivity contribution < 1.29 is 19.1 Å². The van der Waals surface area contributed by atoms with Crippen LogP contribution >= 0.6 is 0 Å². The van der Waals surface area contributed by atoms with Crippen LogP contribution in [0.5, 0.6) is 11.8 Å². The molecular weight excluding hydrogens is 400 g/mol. The SMILES string of the molecule is COc1ccc(C(=O)N2CCCN2C(=O)Cn2ccc(-c3ccncc3)n2)c(OC)n1. The second-order valence-electron chi connectivity index (χ2n) is 6.84. The maximum absolute atomic E-state index is 13.1. The number of methoxy groups -OCH3 is 2. The van der Waals surface area contributed by atoms with Crippen LogP contribution in [0.3, 0.4) is 0 Å². The minimum Gasteiger partial charge on any atom is -0.481 e. The Hall–Kier alpha value is -3.95. The van der Waals surface area contributed by atoms with Crippen LogP contribution in [0.25, 0.3) is 11.3 Å². The zero-order chi connectivity index (χ0) is 21.8. The van der Waals surface area contributed by atoms with Gasteiger partial charge in [-0.05, 0) is 30.7 Å². The third-order valence-corrected chi connectivity index (χ3v) is 4.94. The zero-order valence-corrected chi connectivity index (χ0v) is 17.3. The quantitative estimate of drug-likeness (QED) is 0.595. The number of hydrazine groups is 1. The highest BCUT2D eigenvalue weighted by atomic mass is 16.5. The Labute approximate surface area is 179 Å². The Morgan fingerprint density at radius 3 is 2.52 bits per heavy atom. The smallest absolute Gasteiger partial charge is 0.277 e. The Morgan fingerprint density at radius 2 is 1.77 bits per heavy atom. The van der Waals surface area contributed by atoms with E-state index in [1.165, 1.54) is 24.2 Å². The first-order valence-corrected chi connectivity index (χ1v) is 9.75. The summed E-state index contributed by atoms with van der Waals surface area (Å²) >= 11 is 0. The second kappa shape index (κ2) is 8.82.